The molecule has 0 bridgehead atoms. The van der Waals surface area contributed by atoms with Crippen LogP contribution in [-0.4, -0.2) is 39.0 Å². The molecule has 1 amide bonds. The monoisotopic (exact) mass is 526 g/mol. The molecule has 3 aromatic heterocycles. The van der Waals surface area contributed by atoms with E-state index in [1.54, 1.807) is 18.3 Å². The lowest BCUT2D eigenvalue weighted by atomic mass is 9.88. The molecule has 182 valence electrons. The third kappa shape index (κ3) is 4.74. The van der Waals surface area contributed by atoms with Gasteiger partial charge < -0.3 is 14.6 Å². The number of carbonyl (C=O) groups is 2. The Morgan fingerprint density at radius 2 is 2.11 bits per heavy atom. The van der Waals surface area contributed by atoms with Crippen molar-refractivity contribution in [2.45, 2.75) is 38.3 Å². The van der Waals surface area contributed by atoms with E-state index >= 15 is 0 Å². The second kappa shape index (κ2) is 10.1. The summed E-state index contributed by atoms with van der Waals surface area (Å²) in [5.41, 5.74) is 2.60. The van der Waals surface area contributed by atoms with E-state index in [1.807, 2.05) is 23.7 Å². The van der Waals surface area contributed by atoms with Gasteiger partial charge in [-0.3, -0.25) is 4.79 Å². The minimum atomic E-state index is -0.358. The Morgan fingerprint density at radius 1 is 1.29 bits per heavy atom. The smallest absolute Gasteiger partial charge is 0.341 e. The summed E-state index contributed by atoms with van der Waals surface area (Å²) in [4.78, 5) is 26.8. The summed E-state index contributed by atoms with van der Waals surface area (Å²) < 4.78 is 8.42. The molecular formula is C25H26N4O3S3. The molecule has 0 saturated carbocycles. The average Bonchev–Trinajstić information content (AvgIpc) is 3.52. The summed E-state index contributed by atoms with van der Waals surface area (Å²) in [7, 11) is 1.91. The molecule has 0 fully saturated rings. The standard InChI is InChI=1S/C25H26N4O3S3/c1-4-32-24(31)21-16-10-9-14(2)11-19(16)35-23(21)26-20(30)13-34-25-28-27-22(29(25)3)17-12-33-18-8-6-5-7-15(17)18/h5-8,12,14H,4,9-11,13H2,1-3H3,(H,26,30). The molecule has 0 aliphatic heterocycles. The Kier molecular flexibility index (Phi) is 6.95. The molecule has 7 nitrogen and oxygen atoms in total. The van der Waals surface area contributed by atoms with Crippen LogP contribution in [0.4, 0.5) is 5.00 Å². The highest BCUT2D eigenvalue weighted by Crippen LogP contribution is 2.40. The zero-order valence-corrected chi connectivity index (χ0v) is 22.2. The second-order valence-corrected chi connectivity index (χ2v) is 11.6. The van der Waals surface area contributed by atoms with Gasteiger partial charge in [-0.1, -0.05) is 36.9 Å². The summed E-state index contributed by atoms with van der Waals surface area (Å²) in [6.45, 7) is 4.31. The lowest BCUT2D eigenvalue weighted by molar-refractivity contribution is -0.113. The number of esters is 1. The van der Waals surface area contributed by atoms with Crippen LogP contribution in [-0.2, 0) is 29.4 Å². The van der Waals surface area contributed by atoms with Crippen LogP contribution < -0.4 is 5.32 Å². The van der Waals surface area contributed by atoms with Crippen LogP contribution in [0, 0.1) is 5.92 Å². The average molecular weight is 527 g/mol. The van der Waals surface area contributed by atoms with Gasteiger partial charge in [0.15, 0.2) is 11.0 Å². The fourth-order valence-corrected chi connectivity index (χ4v) is 7.44. The summed E-state index contributed by atoms with van der Waals surface area (Å²) in [5, 5.41) is 16.2. The minimum absolute atomic E-state index is 0.164. The van der Waals surface area contributed by atoms with Crippen molar-refractivity contribution < 1.29 is 14.3 Å². The maximum Gasteiger partial charge on any atom is 0.341 e. The molecule has 35 heavy (non-hydrogen) atoms. The van der Waals surface area contributed by atoms with Crippen LogP contribution in [0.5, 0.6) is 0 Å². The van der Waals surface area contributed by atoms with Crippen LogP contribution in [0.1, 0.15) is 41.1 Å². The van der Waals surface area contributed by atoms with Crippen molar-refractivity contribution in [2.24, 2.45) is 13.0 Å². The van der Waals surface area contributed by atoms with Gasteiger partial charge in [-0.05, 0) is 43.7 Å². The normalized spacial score (nSPS) is 15.2. The highest BCUT2D eigenvalue weighted by atomic mass is 32.2. The summed E-state index contributed by atoms with van der Waals surface area (Å²) in [6.07, 6.45) is 2.80. The molecular weight excluding hydrogens is 501 g/mol. The maximum atomic E-state index is 12.9. The fourth-order valence-electron chi connectivity index (χ4n) is 4.38. The SMILES string of the molecule is CCOC(=O)c1c(NC(=O)CSc2nnc(-c3csc4ccccc34)n2C)sc2c1CCC(C)C2. The first-order valence-electron chi connectivity index (χ1n) is 11.6. The minimum Gasteiger partial charge on any atom is -0.462 e. The van der Waals surface area contributed by atoms with E-state index in [4.69, 9.17) is 4.74 Å². The lowest BCUT2D eigenvalue weighted by Gasteiger charge is -2.18. The van der Waals surface area contributed by atoms with Gasteiger partial charge >= 0.3 is 5.97 Å². The molecule has 4 aromatic rings. The van der Waals surface area contributed by atoms with Crippen LogP contribution in [0.15, 0.2) is 34.8 Å². The molecule has 0 radical (unpaired) electrons. The van der Waals surface area contributed by atoms with Gasteiger partial charge in [0.2, 0.25) is 5.91 Å². The third-order valence-electron chi connectivity index (χ3n) is 6.13. The maximum absolute atomic E-state index is 12.9. The largest absolute Gasteiger partial charge is 0.462 e. The molecule has 0 spiro atoms. The fraction of sp³-hybridized carbons (Fsp3) is 0.360. The number of nitrogens with one attached hydrogen (secondary N) is 1. The number of thioether (sulfide) groups is 1. The Labute approximate surface area is 215 Å². The topological polar surface area (TPSA) is 86.1 Å². The second-order valence-electron chi connectivity index (χ2n) is 8.62. The van der Waals surface area contributed by atoms with Crippen molar-refractivity contribution in [3.8, 4) is 11.4 Å². The number of aromatic nitrogens is 3. The molecule has 5 rings (SSSR count). The van der Waals surface area contributed by atoms with Crippen molar-refractivity contribution in [2.75, 3.05) is 17.7 Å². The van der Waals surface area contributed by atoms with Crippen molar-refractivity contribution in [3.05, 3.63) is 45.6 Å². The first kappa shape index (κ1) is 24.0. The van der Waals surface area contributed by atoms with E-state index in [0.29, 0.717) is 28.2 Å². The van der Waals surface area contributed by atoms with Gasteiger partial charge in [0, 0.05) is 33.0 Å². The number of rotatable bonds is 7. The number of hydrogen-bond acceptors (Lipinski definition) is 8. The van der Waals surface area contributed by atoms with Gasteiger partial charge in [0.05, 0.1) is 17.9 Å². The predicted octanol–water partition coefficient (Wildman–Crippen LogP) is 5.79. The van der Waals surface area contributed by atoms with Crippen LogP contribution in [0.25, 0.3) is 21.5 Å². The van der Waals surface area contributed by atoms with E-state index in [2.05, 4.69) is 40.0 Å². The van der Waals surface area contributed by atoms with Gasteiger partial charge in [-0.25, -0.2) is 4.79 Å². The highest BCUT2D eigenvalue weighted by Gasteiger charge is 2.29. The molecule has 1 unspecified atom stereocenters. The van der Waals surface area contributed by atoms with Crippen molar-refractivity contribution >= 4 is 61.4 Å². The zero-order chi connectivity index (χ0) is 24.5. The summed E-state index contributed by atoms with van der Waals surface area (Å²) in [5.74, 6) is 0.967. The van der Waals surface area contributed by atoms with Gasteiger partial charge in [0.1, 0.15) is 5.00 Å². The number of carbonyl (C=O) groups excluding carboxylic acids is 2. The number of nitrogens with zero attached hydrogens (tertiary/aromatic N) is 3. The predicted molar refractivity (Wildman–Crippen MR) is 143 cm³/mol. The highest BCUT2D eigenvalue weighted by molar-refractivity contribution is 7.99. The zero-order valence-electron chi connectivity index (χ0n) is 19.8. The molecule has 3 heterocycles. The molecule has 1 atom stereocenters. The Balaban J connectivity index is 1.31. The summed E-state index contributed by atoms with van der Waals surface area (Å²) in [6, 6.07) is 8.21. The third-order valence-corrected chi connectivity index (χ3v) is 9.29. The number of amides is 1. The first-order valence-corrected chi connectivity index (χ1v) is 14.2. The quantitative estimate of drug-likeness (QED) is 0.242. The number of ether oxygens (including phenoxy) is 1. The first-order chi connectivity index (χ1) is 17.0. The molecule has 1 aliphatic carbocycles. The number of hydrogen-bond donors (Lipinski definition) is 1. The van der Waals surface area contributed by atoms with E-state index in [0.717, 1.165) is 41.6 Å². The van der Waals surface area contributed by atoms with Gasteiger partial charge in [-0.2, -0.15) is 0 Å². The van der Waals surface area contributed by atoms with E-state index < -0.39 is 0 Å². The van der Waals surface area contributed by atoms with Gasteiger partial charge in [0.25, 0.3) is 0 Å². The molecule has 1 aromatic carbocycles. The van der Waals surface area contributed by atoms with E-state index in [1.165, 1.54) is 32.7 Å². The number of benzene rings is 1. The molecule has 1 N–H and O–H groups in total. The molecule has 10 heteroatoms. The molecule has 1 aliphatic rings. The van der Waals surface area contributed by atoms with E-state index in [9.17, 15) is 9.59 Å². The Hall–Kier alpha value is -2.69. The van der Waals surface area contributed by atoms with Crippen molar-refractivity contribution in [3.63, 3.8) is 0 Å². The van der Waals surface area contributed by atoms with Crippen LogP contribution >= 0.6 is 34.4 Å². The number of fused-ring (bicyclic) bond motifs is 2. The van der Waals surface area contributed by atoms with E-state index in [-0.39, 0.29) is 17.6 Å². The van der Waals surface area contributed by atoms with Crippen molar-refractivity contribution in [1.29, 1.82) is 0 Å². The Morgan fingerprint density at radius 3 is 2.94 bits per heavy atom. The van der Waals surface area contributed by atoms with Crippen LogP contribution in [0.3, 0.4) is 0 Å². The number of thiophene rings is 2. The van der Waals surface area contributed by atoms with Crippen molar-refractivity contribution in [1.82, 2.24) is 14.8 Å². The molecule has 0 saturated heterocycles. The lowest BCUT2D eigenvalue weighted by Crippen LogP contribution is -2.18. The summed E-state index contributed by atoms with van der Waals surface area (Å²) >= 11 is 4.51. The van der Waals surface area contributed by atoms with Gasteiger partial charge in [-0.15, -0.1) is 32.9 Å². The Bertz CT molecular complexity index is 1400. The van der Waals surface area contributed by atoms with Crippen LogP contribution in [0.2, 0.25) is 0 Å². The number of anilines is 1.